The third-order valence-corrected chi connectivity index (χ3v) is 3.29. The molecule has 0 bridgehead atoms. The first-order valence-corrected chi connectivity index (χ1v) is 6.50. The SMILES string of the molecule is CCCCC(=O)CC[C@H]1CCC[C@@H](C)N1.Cl. The lowest BCUT2D eigenvalue weighted by atomic mass is 9.95. The molecular formula is C13H26ClNO. The van der Waals surface area contributed by atoms with Crippen molar-refractivity contribution in [3.63, 3.8) is 0 Å². The fourth-order valence-corrected chi connectivity index (χ4v) is 2.30. The lowest BCUT2D eigenvalue weighted by Crippen LogP contribution is -2.40. The Kier molecular flexibility index (Phi) is 8.96. The maximum atomic E-state index is 11.5. The number of unbranched alkanes of at least 4 members (excludes halogenated alkanes) is 1. The molecule has 1 rings (SSSR count). The molecule has 1 fully saturated rings. The number of carbonyl (C=O) groups is 1. The van der Waals surface area contributed by atoms with Crippen LogP contribution < -0.4 is 5.32 Å². The van der Waals surface area contributed by atoms with Gasteiger partial charge in [-0.1, -0.05) is 19.8 Å². The van der Waals surface area contributed by atoms with Gasteiger partial charge in [-0.25, -0.2) is 0 Å². The summed E-state index contributed by atoms with van der Waals surface area (Å²) in [6, 6.07) is 1.24. The van der Waals surface area contributed by atoms with Gasteiger partial charge in [-0.05, 0) is 32.6 Å². The lowest BCUT2D eigenvalue weighted by molar-refractivity contribution is -0.119. The predicted octanol–water partition coefficient (Wildman–Crippen LogP) is 3.48. The van der Waals surface area contributed by atoms with Crippen LogP contribution >= 0.6 is 12.4 Å². The van der Waals surface area contributed by atoms with Gasteiger partial charge in [0.2, 0.25) is 0 Å². The molecule has 96 valence electrons. The van der Waals surface area contributed by atoms with Crippen molar-refractivity contribution in [1.82, 2.24) is 5.32 Å². The number of nitrogens with one attached hydrogen (secondary N) is 1. The quantitative estimate of drug-likeness (QED) is 0.779. The van der Waals surface area contributed by atoms with Crippen molar-refractivity contribution >= 4 is 18.2 Å². The van der Waals surface area contributed by atoms with E-state index in [0.29, 0.717) is 17.9 Å². The number of rotatable bonds is 6. The first-order chi connectivity index (χ1) is 7.22. The third kappa shape index (κ3) is 6.49. The van der Waals surface area contributed by atoms with Crippen molar-refractivity contribution in [3.05, 3.63) is 0 Å². The Morgan fingerprint density at radius 2 is 2.06 bits per heavy atom. The number of piperidine rings is 1. The molecule has 1 aliphatic rings. The molecule has 0 unspecified atom stereocenters. The third-order valence-electron chi connectivity index (χ3n) is 3.29. The predicted molar refractivity (Wildman–Crippen MR) is 71.3 cm³/mol. The zero-order chi connectivity index (χ0) is 11.1. The van der Waals surface area contributed by atoms with Crippen molar-refractivity contribution in [1.29, 1.82) is 0 Å². The van der Waals surface area contributed by atoms with Gasteiger partial charge >= 0.3 is 0 Å². The zero-order valence-electron chi connectivity index (χ0n) is 10.6. The molecule has 0 saturated carbocycles. The molecule has 0 aromatic heterocycles. The largest absolute Gasteiger partial charge is 0.311 e. The van der Waals surface area contributed by atoms with E-state index in [4.69, 9.17) is 0 Å². The molecule has 1 aliphatic heterocycles. The summed E-state index contributed by atoms with van der Waals surface area (Å²) in [6.07, 6.45) is 8.68. The highest BCUT2D eigenvalue weighted by molar-refractivity contribution is 5.85. The summed E-state index contributed by atoms with van der Waals surface area (Å²) in [5.74, 6) is 0.455. The lowest BCUT2D eigenvalue weighted by Gasteiger charge is -2.28. The van der Waals surface area contributed by atoms with Crippen molar-refractivity contribution in [2.45, 2.75) is 77.3 Å². The highest BCUT2D eigenvalue weighted by atomic mass is 35.5. The zero-order valence-corrected chi connectivity index (χ0v) is 11.4. The summed E-state index contributed by atoms with van der Waals surface area (Å²) in [5, 5.41) is 3.58. The van der Waals surface area contributed by atoms with Crippen molar-refractivity contribution in [2.75, 3.05) is 0 Å². The first kappa shape index (κ1) is 15.9. The molecule has 0 amide bonds. The Labute approximate surface area is 106 Å². The Bertz CT molecular complexity index is 196. The molecule has 0 aromatic rings. The molecule has 0 aliphatic carbocycles. The summed E-state index contributed by atoms with van der Waals surface area (Å²) in [7, 11) is 0. The Balaban J connectivity index is 0.00000225. The van der Waals surface area contributed by atoms with E-state index in [-0.39, 0.29) is 12.4 Å². The van der Waals surface area contributed by atoms with Crippen LogP contribution in [0.25, 0.3) is 0 Å². The second-order valence-electron chi connectivity index (χ2n) is 4.88. The van der Waals surface area contributed by atoms with Gasteiger partial charge in [0.05, 0.1) is 0 Å². The van der Waals surface area contributed by atoms with Crippen LogP contribution in [0.1, 0.15) is 65.2 Å². The number of hydrogen-bond donors (Lipinski definition) is 1. The molecule has 3 heteroatoms. The smallest absolute Gasteiger partial charge is 0.132 e. The average molecular weight is 248 g/mol. The van der Waals surface area contributed by atoms with E-state index in [9.17, 15) is 4.79 Å². The summed E-state index contributed by atoms with van der Waals surface area (Å²) in [5.41, 5.74) is 0. The standard InChI is InChI=1S/C13H25NO.ClH/c1-3-4-8-13(15)10-9-12-7-5-6-11(2)14-12;/h11-12,14H,3-10H2,1-2H3;1H/t11-,12-;/m1./s1. The van der Waals surface area contributed by atoms with Crippen molar-refractivity contribution < 1.29 is 4.79 Å². The van der Waals surface area contributed by atoms with Gasteiger partial charge in [0.15, 0.2) is 0 Å². The van der Waals surface area contributed by atoms with Crippen LogP contribution in [-0.2, 0) is 4.79 Å². The molecule has 0 aromatic carbocycles. The van der Waals surface area contributed by atoms with Gasteiger partial charge in [0.1, 0.15) is 5.78 Å². The molecular weight excluding hydrogens is 222 g/mol. The van der Waals surface area contributed by atoms with E-state index in [1.807, 2.05) is 0 Å². The van der Waals surface area contributed by atoms with Gasteiger partial charge in [0.25, 0.3) is 0 Å². The Morgan fingerprint density at radius 1 is 1.31 bits per heavy atom. The molecule has 1 N–H and O–H groups in total. The Hall–Kier alpha value is -0.0800. The van der Waals surface area contributed by atoms with E-state index in [1.165, 1.54) is 19.3 Å². The minimum absolute atomic E-state index is 0. The second-order valence-corrected chi connectivity index (χ2v) is 4.88. The average Bonchev–Trinajstić information content (AvgIpc) is 2.23. The van der Waals surface area contributed by atoms with Crippen LogP contribution in [0, 0.1) is 0 Å². The van der Waals surface area contributed by atoms with Crippen LogP contribution in [0.4, 0.5) is 0 Å². The molecule has 16 heavy (non-hydrogen) atoms. The topological polar surface area (TPSA) is 29.1 Å². The van der Waals surface area contributed by atoms with Crippen molar-refractivity contribution in [2.24, 2.45) is 0 Å². The number of ketones is 1. The van der Waals surface area contributed by atoms with E-state index >= 15 is 0 Å². The van der Waals surface area contributed by atoms with Crippen molar-refractivity contribution in [3.8, 4) is 0 Å². The molecule has 1 saturated heterocycles. The van der Waals surface area contributed by atoms with Gasteiger partial charge in [-0.15, -0.1) is 12.4 Å². The summed E-state index contributed by atoms with van der Waals surface area (Å²) in [4.78, 5) is 11.5. The Morgan fingerprint density at radius 3 is 2.69 bits per heavy atom. The number of carbonyl (C=O) groups excluding carboxylic acids is 1. The highest BCUT2D eigenvalue weighted by Crippen LogP contribution is 2.16. The molecule has 2 nitrogen and oxygen atoms in total. The monoisotopic (exact) mass is 247 g/mol. The fraction of sp³-hybridized carbons (Fsp3) is 0.923. The maximum absolute atomic E-state index is 11.5. The van der Waals surface area contributed by atoms with Crippen LogP contribution in [0.2, 0.25) is 0 Å². The maximum Gasteiger partial charge on any atom is 0.132 e. The van der Waals surface area contributed by atoms with Gasteiger partial charge in [0, 0.05) is 24.9 Å². The minimum Gasteiger partial charge on any atom is -0.311 e. The number of Topliss-reactive ketones (excluding diaryl/α,β-unsaturated/α-hetero) is 1. The fourth-order valence-electron chi connectivity index (χ4n) is 2.30. The summed E-state index contributed by atoms with van der Waals surface area (Å²) in [6.45, 7) is 4.38. The van der Waals surface area contributed by atoms with E-state index in [1.54, 1.807) is 0 Å². The normalized spacial score (nSPS) is 24.9. The van der Waals surface area contributed by atoms with E-state index in [2.05, 4.69) is 19.2 Å². The molecule has 0 radical (unpaired) electrons. The number of hydrogen-bond acceptors (Lipinski definition) is 2. The number of halogens is 1. The van der Waals surface area contributed by atoms with Gasteiger partial charge in [-0.3, -0.25) is 4.79 Å². The molecule has 2 atom stereocenters. The second kappa shape index (κ2) is 9.00. The molecule has 1 heterocycles. The van der Waals surface area contributed by atoms with Gasteiger partial charge < -0.3 is 5.32 Å². The highest BCUT2D eigenvalue weighted by Gasteiger charge is 2.17. The van der Waals surface area contributed by atoms with E-state index < -0.39 is 0 Å². The molecule has 0 spiro atoms. The van der Waals surface area contributed by atoms with Crippen LogP contribution in [0.3, 0.4) is 0 Å². The first-order valence-electron chi connectivity index (χ1n) is 6.50. The van der Waals surface area contributed by atoms with Gasteiger partial charge in [-0.2, -0.15) is 0 Å². The summed E-state index contributed by atoms with van der Waals surface area (Å²) >= 11 is 0. The van der Waals surface area contributed by atoms with Crippen LogP contribution in [0.15, 0.2) is 0 Å². The van der Waals surface area contributed by atoms with Crippen LogP contribution in [-0.4, -0.2) is 17.9 Å². The summed E-state index contributed by atoms with van der Waals surface area (Å²) < 4.78 is 0. The minimum atomic E-state index is 0. The van der Waals surface area contributed by atoms with E-state index in [0.717, 1.165) is 32.1 Å². The van der Waals surface area contributed by atoms with Crippen LogP contribution in [0.5, 0.6) is 0 Å².